The molecule has 2 atom stereocenters. The molecule has 0 N–H and O–H groups in total. The number of hydrogen-bond acceptors (Lipinski definition) is 2. The van der Waals surface area contributed by atoms with Gasteiger partial charge in [0.1, 0.15) is 0 Å². The Hall–Kier alpha value is -0.550. The van der Waals surface area contributed by atoms with Crippen LogP contribution in [0.25, 0.3) is 0 Å². The number of hydrogen-bond donors (Lipinski definition) is 0. The van der Waals surface area contributed by atoms with Gasteiger partial charge in [0.25, 0.3) is 0 Å². The molecule has 2 nitrogen and oxygen atoms in total. The third kappa shape index (κ3) is 1.78. The third-order valence-electron chi connectivity index (χ3n) is 2.86. The normalized spacial score (nSPS) is 27.4. The zero-order chi connectivity index (χ0) is 9.14. The van der Waals surface area contributed by atoms with E-state index in [2.05, 4.69) is 31.9 Å². The van der Waals surface area contributed by atoms with Crippen LogP contribution in [0.15, 0.2) is 0 Å². The molecule has 1 saturated heterocycles. The molecule has 1 rings (SSSR count). The molecule has 2 unspecified atom stereocenters. The maximum atomic E-state index is 9.00. The molecule has 1 aliphatic rings. The molecular formula is C10H18N2. The lowest BCUT2D eigenvalue weighted by molar-refractivity contribution is 0.224. The number of nitriles is 1. The van der Waals surface area contributed by atoms with E-state index in [1.54, 1.807) is 0 Å². The summed E-state index contributed by atoms with van der Waals surface area (Å²) in [5.41, 5.74) is 0. The number of rotatable bonds is 2. The third-order valence-corrected chi connectivity index (χ3v) is 2.86. The molecule has 12 heavy (non-hydrogen) atoms. The van der Waals surface area contributed by atoms with Gasteiger partial charge in [0.2, 0.25) is 0 Å². The molecule has 0 aromatic carbocycles. The summed E-state index contributed by atoms with van der Waals surface area (Å²) in [5, 5.41) is 9.00. The molecule has 0 bridgehead atoms. The van der Waals surface area contributed by atoms with Crippen LogP contribution in [0.1, 0.15) is 26.7 Å². The Morgan fingerprint density at radius 3 is 2.50 bits per heavy atom. The first-order chi connectivity index (χ1) is 5.66. The van der Waals surface area contributed by atoms with Crippen LogP contribution in [-0.4, -0.2) is 24.5 Å². The molecule has 1 fully saturated rings. The van der Waals surface area contributed by atoms with Crippen LogP contribution < -0.4 is 0 Å². The molecule has 0 aliphatic carbocycles. The molecule has 1 heterocycles. The molecule has 2 heteroatoms. The lowest BCUT2D eigenvalue weighted by Gasteiger charge is -2.26. The maximum absolute atomic E-state index is 9.00. The molecule has 0 aromatic rings. The topological polar surface area (TPSA) is 27.0 Å². The van der Waals surface area contributed by atoms with Crippen LogP contribution in [0, 0.1) is 23.2 Å². The predicted molar refractivity (Wildman–Crippen MR) is 49.6 cm³/mol. The standard InChI is InChI=1S/C10H18N2/c1-8(2)9(7-11)10-5-4-6-12(10)3/h8-10H,4-6H2,1-3H3. The van der Waals surface area contributed by atoms with Crippen molar-refractivity contribution in [3.8, 4) is 6.07 Å². The second-order valence-electron chi connectivity index (χ2n) is 4.09. The monoisotopic (exact) mass is 166 g/mol. The minimum Gasteiger partial charge on any atom is -0.302 e. The molecule has 0 amide bonds. The van der Waals surface area contributed by atoms with Gasteiger partial charge in [-0.25, -0.2) is 0 Å². The second-order valence-corrected chi connectivity index (χ2v) is 4.09. The molecular weight excluding hydrogens is 148 g/mol. The highest BCUT2D eigenvalue weighted by Gasteiger charge is 2.30. The van der Waals surface area contributed by atoms with Crippen LogP contribution in [0.2, 0.25) is 0 Å². The Kier molecular flexibility index (Phi) is 3.11. The minimum atomic E-state index is 0.220. The van der Waals surface area contributed by atoms with Gasteiger partial charge in [-0.3, -0.25) is 0 Å². The first-order valence-electron chi connectivity index (χ1n) is 4.76. The first kappa shape index (κ1) is 9.54. The van der Waals surface area contributed by atoms with Crippen LogP contribution in [0.3, 0.4) is 0 Å². The largest absolute Gasteiger partial charge is 0.302 e. The van der Waals surface area contributed by atoms with Gasteiger partial charge < -0.3 is 4.90 Å². The molecule has 1 aliphatic heterocycles. The lowest BCUT2D eigenvalue weighted by atomic mass is 9.88. The molecule has 68 valence electrons. The van der Waals surface area contributed by atoms with Gasteiger partial charge in [-0.05, 0) is 32.4 Å². The Balaban J connectivity index is 2.60. The van der Waals surface area contributed by atoms with Crippen molar-refractivity contribution in [2.45, 2.75) is 32.7 Å². The van der Waals surface area contributed by atoms with E-state index >= 15 is 0 Å². The van der Waals surface area contributed by atoms with Crippen LogP contribution in [0.4, 0.5) is 0 Å². The highest BCUT2D eigenvalue weighted by Crippen LogP contribution is 2.26. The van der Waals surface area contributed by atoms with Crippen molar-refractivity contribution >= 4 is 0 Å². The lowest BCUT2D eigenvalue weighted by Crippen LogP contribution is -2.34. The molecule has 0 aromatic heterocycles. The molecule has 0 spiro atoms. The van der Waals surface area contributed by atoms with Crippen LogP contribution >= 0.6 is 0 Å². The Labute approximate surface area is 75.2 Å². The van der Waals surface area contributed by atoms with Crippen LogP contribution in [0.5, 0.6) is 0 Å². The fourth-order valence-corrected chi connectivity index (χ4v) is 2.07. The fraction of sp³-hybridized carbons (Fsp3) is 0.900. The summed E-state index contributed by atoms with van der Waals surface area (Å²) in [7, 11) is 2.13. The van der Waals surface area contributed by atoms with Gasteiger partial charge in [0.05, 0.1) is 12.0 Å². The quantitative estimate of drug-likeness (QED) is 0.626. The van der Waals surface area contributed by atoms with Crippen molar-refractivity contribution in [2.75, 3.05) is 13.6 Å². The van der Waals surface area contributed by atoms with Crippen molar-refractivity contribution in [1.82, 2.24) is 4.90 Å². The summed E-state index contributed by atoms with van der Waals surface area (Å²) in [5.74, 6) is 0.707. The minimum absolute atomic E-state index is 0.220. The van der Waals surface area contributed by atoms with E-state index in [0.29, 0.717) is 12.0 Å². The average molecular weight is 166 g/mol. The highest BCUT2D eigenvalue weighted by molar-refractivity contribution is 4.96. The fourth-order valence-electron chi connectivity index (χ4n) is 2.07. The van der Waals surface area contributed by atoms with E-state index in [-0.39, 0.29) is 5.92 Å². The predicted octanol–water partition coefficient (Wildman–Crippen LogP) is 1.88. The van der Waals surface area contributed by atoms with Gasteiger partial charge in [-0.15, -0.1) is 0 Å². The van der Waals surface area contributed by atoms with E-state index in [0.717, 1.165) is 6.54 Å². The van der Waals surface area contributed by atoms with Gasteiger partial charge >= 0.3 is 0 Å². The van der Waals surface area contributed by atoms with Crippen molar-refractivity contribution in [3.05, 3.63) is 0 Å². The Morgan fingerprint density at radius 1 is 1.50 bits per heavy atom. The van der Waals surface area contributed by atoms with Gasteiger partial charge in [0, 0.05) is 6.04 Å². The zero-order valence-corrected chi connectivity index (χ0v) is 8.25. The Morgan fingerprint density at radius 2 is 2.17 bits per heavy atom. The molecule has 0 saturated carbocycles. The summed E-state index contributed by atoms with van der Waals surface area (Å²) in [6.07, 6.45) is 2.46. The van der Waals surface area contributed by atoms with Crippen molar-refractivity contribution in [3.63, 3.8) is 0 Å². The number of nitrogens with zero attached hydrogens (tertiary/aromatic N) is 2. The van der Waals surface area contributed by atoms with Crippen molar-refractivity contribution in [1.29, 1.82) is 5.26 Å². The van der Waals surface area contributed by atoms with E-state index in [1.807, 2.05) is 0 Å². The smallest absolute Gasteiger partial charge is 0.0675 e. The highest BCUT2D eigenvalue weighted by atomic mass is 15.1. The summed E-state index contributed by atoms with van der Waals surface area (Å²) >= 11 is 0. The first-order valence-corrected chi connectivity index (χ1v) is 4.76. The average Bonchev–Trinajstić information content (AvgIpc) is 2.38. The summed E-state index contributed by atoms with van der Waals surface area (Å²) in [4.78, 5) is 2.33. The maximum Gasteiger partial charge on any atom is 0.0675 e. The van der Waals surface area contributed by atoms with Gasteiger partial charge in [-0.2, -0.15) is 5.26 Å². The van der Waals surface area contributed by atoms with Crippen LogP contribution in [-0.2, 0) is 0 Å². The zero-order valence-electron chi connectivity index (χ0n) is 8.25. The van der Waals surface area contributed by atoms with Gasteiger partial charge in [-0.1, -0.05) is 13.8 Å². The SMILES string of the molecule is CC(C)C(C#N)C1CCCN1C. The van der Waals surface area contributed by atoms with Crippen molar-refractivity contribution < 1.29 is 0 Å². The second kappa shape index (κ2) is 3.91. The van der Waals surface area contributed by atoms with Gasteiger partial charge in [0.15, 0.2) is 0 Å². The van der Waals surface area contributed by atoms with Crippen molar-refractivity contribution in [2.24, 2.45) is 11.8 Å². The van der Waals surface area contributed by atoms with E-state index in [4.69, 9.17) is 5.26 Å². The van der Waals surface area contributed by atoms with E-state index in [1.165, 1.54) is 12.8 Å². The summed E-state index contributed by atoms with van der Waals surface area (Å²) in [6.45, 7) is 5.44. The number of likely N-dealkylation sites (tertiary alicyclic amines) is 1. The molecule has 0 radical (unpaired) electrons. The summed E-state index contributed by atoms with van der Waals surface area (Å²) in [6, 6.07) is 2.94. The summed E-state index contributed by atoms with van der Waals surface area (Å²) < 4.78 is 0. The van der Waals surface area contributed by atoms with E-state index < -0.39 is 0 Å². The Bertz CT molecular complexity index is 181. The van der Waals surface area contributed by atoms with E-state index in [9.17, 15) is 0 Å².